The van der Waals surface area contributed by atoms with Crippen LogP contribution < -0.4 is 5.32 Å². The molecule has 0 spiro atoms. The smallest absolute Gasteiger partial charge is 0.341 e. The van der Waals surface area contributed by atoms with Crippen LogP contribution in [0.2, 0.25) is 0 Å². The second-order valence-corrected chi connectivity index (χ2v) is 11.1. The molecule has 10 heteroatoms. The van der Waals surface area contributed by atoms with Crippen LogP contribution >= 0.6 is 34.9 Å². The van der Waals surface area contributed by atoms with Gasteiger partial charge in [0.25, 0.3) is 0 Å². The Bertz CT molecular complexity index is 1140. The lowest BCUT2D eigenvalue weighted by Crippen LogP contribution is -2.23. The number of methoxy groups -OCH3 is 1. The van der Waals surface area contributed by atoms with E-state index in [1.165, 1.54) is 40.7 Å². The van der Waals surface area contributed by atoms with Crippen LogP contribution in [0.1, 0.15) is 46.0 Å². The average molecular weight is 505 g/mol. The van der Waals surface area contributed by atoms with Gasteiger partial charge in [0.05, 0.1) is 23.7 Å². The van der Waals surface area contributed by atoms with Crippen molar-refractivity contribution in [3.63, 3.8) is 0 Å². The predicted molar refractivity (Wildman–Crippen MR) is 136 cm³/mol. The Balaban J connectivity index is 1.68. The molecule has 0 saturated heterocycles. The molecule has 2 heterocycles. The van der Waals surface area contributed by atoms with E-state index < -0.39 is 11.2 Å². The quantitative estimate of drug-likeness (QED) is 0.305. The highest BCUT2D eigenvalue weighted by molar-refractivity contribution is 8.00. The number of thioether (sulfide) groups is 2. The fourth-order valence-electron chi connectivity index (χ4n) is 3.10. The molecule has 176 valence electrons. The number of hydrogen-bond donors (Lipinski definition) is 1. The van der Waals surface area contributed by atoms with Gasteiger partial charge in [-0.1, -0.05) is 29.5 Å². The maximum atomic E-state index is 12.9. The summed E-state index contributed by atoms with van der Waals surface area (Å²) in [5.74, 6) is 0.915. The normalized spacial score (nSPS) is 11.9. The molecule has 1 aromatic carbocycles. The van der Waals surface area contributed by atoms with Gasteiger partial charge in [-0.2, -0.15) is 0 Å². The number of amides is 1. The van der Waals surface area contributed by atoms with Crippen molar-refractivity contribution in [2.45, 2.75) is 62.2 Å². The Hall–Kier alpha value is -2.30. The molecule has 0 radical (unpaired) electrons. The van der Waals surface area contributed by atoms with Gasteiger partial charge in [0, 0.05) is 16.3 Å². The van der Waals surface area contributed by atoms with Gasteiger partial charge in [0.1, 0.15) is 10.8 Å². The van der Waals surface area contributed by atoms with Gasteiger partial charge in [0.15, 0.2) is 5.16 Å². The van der Waals surface area contributed by atoms with E-state index in [-0.39, 0.29) is 5.91 Å². The average Bonchev–Trinajstić information content (AvgIpc) is 3.31. The number of nitrogens with zero attached hydrogens (tertiary/aromatic N) is 3. The van der Waals surface area contributed by atoms with E-state index in [2.05, 4.69) is 46.7 Å². The third kappa shape index (κ3) is 5.99. The molecule has 3 aromatic rings. The molecule has 1 N–H and O–H groups in total. The lowest BCUT2D eigenvalue weighted by Gasteiger charge is -2.13. The maximum absolute atomic E-state index is 12.9. The molecule has 0 aliphatic carbocycles. The number of carbonyl (C=O) groups is 2. The van der Waals surface area contributed by atoms with Crippen LogP contribution in [0.3, 0.4) is 0 Å². The molecule has 7 nitrogen and oxygen atoms in total. The Labute approximate surface area is 206 Å². The highest BCUT2D eigenvalue weighted by Crippen LogP contribution is 2.34. The van der Waals surface area contributed by atoms with E-state index in [0.717, 1.165) is 16.3 Å². The van der Waals surface area contributed by atoms with Crippen molar-refractivity contribution in [3.8, 4) is 0 Å². The van der Waals surface area contributed by atoms with E-state index in [9.17, 15) is 9.59 Å². The second-order valence-electron chi connectivity index (χ2n) is 7.47. The van der Waals surface area contributed by atoms with Gasteiger partial charge < -0.3 is 14.6 Å². The van der Waals surface area contributed by atoms with Crippen molar-refractivity contribution in [2.75, 3.05) is 12.4 Å². The van der Waals surface area contributed by atoms with Gasteiger partial charge in [-0.25, -0.2) is 4.79 Å². The topological polar surface area (TPSA) is 86.1 Å². The first-order chi connectivity index (χ1) is 15.7. The van der Waals surface area contributed by atoms with Crippen LogP contribution in [-0.2, 0) is 21.8 Å². The highest BCUT2D eigenvalue weighted by Gasteiger charge is 2.25. The number of aromatic nitrogens is 3. The zero-order valence-electron chi connectivity index (χ0n) is 19.6. The lowest BCUT2D eigenvalue weighted by atomic mass is 10.1. The first-order valence-corrected chi connectivity index (χ1v) is 13.2. The summed E-state index contributed by atoms with van der Waals surface area (Å²) >= 11 is 4.44. The van der Waals surface area contributed by atoms with Crippen LogP contribution in [0.4, 0.5) is 5.00 Å². The summed E-state index contributed by atoms with van der Waals surface area (Å²) in [6, 6.07) is 8.39. The molecule has 2 aromatic heterocycles. The van der Waals surface area contributed by atoms with Gasteiger partial charge >= 0.3 is 5.97 Å². The summed E-state index contributed by atoms with van der Waals surface area (Å²) in [6.45, 7) is 10.4. The minimum atomic E-state index is -0.450. The number of carbonyl (C=O) groups excluding carboxylic acids is 2. The number of thiophene rings is 1. The third-order valence-corrected chi connectivity index (χ3v) is 8.37. The van der Waals surface area contributed by atoms with Crippen molar-refractivity contribution >= 4 is 51.7 Å². The largest absolute Gasteiger partial charge is 0.465 e. The molecule has 0 aliphatic rings. The van der Waals surface area contributed by atoms with Crippen molar-refractivity contribution in [3.05, 3.63) is 51.7 Å². The molecule has 1 atom stereocenters. The zero-order valence-corrected chi connectivity index (χ0v) is 22.0. The maximum Gasteiger partial charge on any atom is 0.341 e. The van der Waals surface area contributed by atoms with E-state index >= 15 is 0 Å². The summed E-state index contributed by atoms with van der Waals surface area (Å²) in [5, 5.41) is 12.4. The van der Waals surface area contributed by atoms with E-state index in [4.69, 9.17) is 4.74 Å². The first-order valence-electron chi connectivity index (χ1n) is 10.5. The minimum absolute atomic E-state index is 0.201. The lowest BCUT2D eigenvalue weighted by molar-refractivity contribution is -0.115. The fourth-order valence-corrected chi connectivity index (χ4v) is 5.92. The minimum Gasteiger partial charge on any atom is -0.465 e. The zero-order chi connectivity index (χ0) is 24.1. The third-order valence-electron chi connectivity index (χ3n) is 5.16. The molecule has 0 saturated carbocycles. The van der Waals surface area contributed by atoms with Gasteiger partial charge in [-0.3, -0.25) is 4.79 Å². The van der Waals surface area contributed by atoms with E-state index in [1.807, 2.05) is 32.3 Å². The molecule has 1 amide bonds. The van der Waals surface area contributed by atoms with Crippen molar-refractivity contribution in [1.82, 2.24) is 14.8 Å². The number of nitrogens with one attached hydrogen (secondary N) is 1. The Morgan fingerprint density at radius 2 is 1.88 bits per heavy atom. The number of hydrogen-bond acceptors (Lipinski definition) is 8. The number of esters is 1. The summed E-state index contributed by atoms with van der Waals surface area (Å²) in [4.78, 5) is 27.2. The van der Waals surface area contributed by atoms with E-state index in [0.29, 0.717) is 28.0 Å². The van der Waals surface area contributed by atoms with Crippen LogP contribution in [0.25, 0.3) is 0 Å². The van der Waals surface area contributed by atoms with Gasteiger partial charge in [0.2, 0.25) is 5.91 Å². The molecule has 3 rings (SSSR count). The number of anilines is 1. The Morgan fingerprint density at radius 1 is 1.18 bits per heavy atom. The highest BCUT2D eigenvalue weighted by atomic mass is 32.2. The number of aryl methyl sites for hydroxylation is 2. The molecule has 33 heavy (non-hydrogen) atoms. The number of rotatable bonds is 9. The Kier molecular flexibility index (Phi) is 8.61. The van der Waals surface area contributed by atoms with Gasteiger partial charge in [-0.05, 0) is 52.3 Å². The molecule has 0 fully saturated rings. The molecule has 0 aliphatic heterocycles. The van der Waals surface area contributed by atoms with Gasteiger partial charge in [-0.15, -0.1) is 33.3 Å². The Morgan fingerprint density at radius 3 is 2.52 bits per heavy atom. The molecule has 0 bridgehead atoms. The summed E-state index contributed by atoms with van der Waals surface area (Å²) in [7, 11) is 1.34. The fraction of sp³-hybridized carbons (Fsp3) is 0.391. The number of ether oxygens (including phenoxy) is 1. The van der Waals surface area contributed by atoms with Crippen molar-refractivity contribution in [1.29, 1.82) is 0 Å². The second kappa shape index (κ2) is 11.2. The van der Waals surface area contributed by atoms with E-state index in [1.54, 1.807) is 11.8 Å². The van der Waals surface area contributed by atoms with Crippen LogP contribution in [0.5, 0.6) is 0 Å². The molecular formula is C23H28N4O3S3. The first kappa shape index (κ1) is 25.3. The number of benzene rings is 1. The van der Waals surface area contributed by atoms with Crippen LogP contribution in [0.15, 0.2) is 34.3 Å². The van der Waals surface area contributed by atoms with Crippen molar-refractivity contribution in [2.24, 2.45) is 0 Å². The van der Waals surface area contributed by atoms with Crippen LogP contribution in [0, 0.1) is 20.8 Å². The molecular weight excluding hydrogens is 476 g/mol. The predicted octanol–water partition coefficient (Wildman–Crippen LogP) is 5.48. The summed E-state index contributed by atoms with van der Waals surface area (Å²) in [5.41, 5.74) is 2.47. The SMILES string of the molecule is CCn1c(CSc2ccc(C)cc2)nnc1SC(C)C(=O)Nc1sc(C)c(C)c1C(=O)OC. The molecule has 1 unspecified atom stereocenters. The summed E-state index contributed by atoms with van der Waals surface area (Å²) < 4.78 is 6.93. The monoisotopic (exact) mass is 504 g/mol. The van der Waals surface area contributed by atoms with Crippen LogP contribution in [-0.4, -0.2) is 39.0 Å². The summed E-state index contributed by atoms with van der Waals surface area (Å²) in [6.07, 6.45) is 0. The standard InChI is InChI=1S/C23H28N4O3S3/c1-7-27-18(12-31-17-10-8-13(2)9-11-17)25-26-23(27)33-16(5)20(28)24-21-19(22(29)30-6)14(3)15(4)32-21/h8-11,16H,7,12H2,1-6H3,(H,24,28). The van der Waals surface area contributed by atoms with Crippen molar-refractivity contribution < 1.29 is 14.3 Å².